The normalized spacial score (nSPS) is 14.3. The molecule has 6 nitrogen and oxygen atoms in total. The minimum atomic E-state index is -0.320. The van der Waals surface area contributed by atoms with Crippen LogP contribution in [0, 0.1) is 0 Å². The summed E-state index contributed by atoms with van der Waals surface area (Å²) >= 11 is 11.2. The lowest BCUT2D eigenvalue weighted by atomic mass is 10.1. The van der Waals surface area contributed by atoms with Gasteiger partial charge in [-0.05, 0) is 61.9 Å². The molecule has 0 amide bonds. The number of anilines is 1. The quantitative estimate of drug-likeness (QED) is 0.125. The lowest BCUT2D eigenvalue weighted by molar-refractivity contribution is -0.679. The van der Waals surface area contributed by atoms with Crippen molar-refractivity contribution >= 4 is 69.8 Å². The number of fused-ring (bicyclic) bond motifs is 1. The number of thioether (sulfide) groups is 1. The van der Waals surface area contributed by atoms with Gasteiger partial charge in [0.25, 0.3) is 10.6 Å². The van der Waals surface area contributed by atoms with Crippen molar-refractivity contribution in [3.05, 3.63) is 120 Å². The molecule has 3 heterocycles. The molecule has 2 aromatic heterocycles. The summed E-state index contributed by atoms with van der Waals surface area (Å²) in [6.45, 7) is 7.64. The summed E-state index contributed by atoms with van der Waals surface area (Å²) in [5, 5.41) is 2.66. The van der Waals surface area contributed by atoms with E-state index in [4.69, 9.17) is 16.3 Å². The van der Waals surface area contributed by atoms with Gasteiger partial charge < -0.3 is 9.64 Å². The molecule has 0 bridgehead atoms. The number of carbonyl (C=O) groups excluding carboxylic acids is 1. The van der Waals surface area contributed by atoms with Crippen molar-refractivity contribution in [2.45, 2.75) is 38.8 Å². The zero-order valence-electron chi connectivity index (χ0n) is 25.7. The molecule has 0 N–H and O–H groups in total. The maximum Gasteiger partial charge on any atom is 0.302 e. The molecule has 0 unspecified atom stereocenters. The molecule has 6 rings (SSSR count). The van der Waals surface area contributed by atoms with Crippen molar-refractivity contribution in [2.24, 2.45) is 0 Å². The van der Waals surface area contributed by atoms with Gasteiger partial charge in [-0.1, -0.05) is 83.2 Å². The van der Waals surface area contributed by atoms with Crippen LogP contribution in [0.15, 0.2) is 99.7 Å². The largest absolute Gasteiger partial charge is 0.464 e. The number of allylic oxidation sites excluding steroid dienone is 1. The Kier molecular flexibility index (Phi) is 9.94. The van der Waals surface area contributed by atoms with Crippen molar-refractivity contribution in [3.8, 4) is 21.7 Å². The van der Waals surface area contributed by atoms with Gasteiger partial charge in [-0.15, -0.1) is 11.3 Å². The van der Waals surface area contributed by atoms with Gasteiger partial charge in [-0.25, -0.2) is 0 Å². The highest BCUT2D eigenvalue weighted by molar-refractivity contribution is 8.03. The van der Waals surface area contributed by atoms with E-state index in [1.54, 1.807) is 23.1 Å². The van der Waals surface area contributed by atoms with Crippen LogP contribution in [0.3, 0.4) is 0 Å². The second kappa shape index (κ2) is 14.3. The number of esters is 1. The maximum absolute atomic E-state index is 13.7. The number of halogens is 1. The van der Waals surface area contributed by atoms with E-state index in [-0.39, 0.29) is 18.1 Å². The van der Waals surface area contributed by atoms with Crippen molar-refractivity contribution < 1.29 is 14.1 Å². The van der Waals surface area contributed by atoms with Gasteiger partial charge in [-0.3, -0.25) is 14.2 Å². The van der Waals surface area contributed by atoms with Gasteiger partial charge in [0.2, 0.25) is 5.69 Å². The van der Waals surface area contributed by atoms with Crippen LogP contribution in [-0.2, 0) is 22.6 Å². The van der Waals surface area contributed by atoms with Crippen LogP contribution in [-0.4, -0.2) is 23.7 Å². The Balaban J connectivity index is 1.45. The molecule has 10 heteroatoms. The molecule has 5 aromatic rings. The molecule has 234 valence electrons. The summed E-state index contributed by atoms with van der Waals surface area (Å²) in [7, 11) is 0. The van der Waals surface area contributed by atoms with E-state index in [1.807, 2.05) is 54.0 Å². The summed E-state index contributed by atoms with van der Waals surface area (Å²) < 4.78 is 11.0. The predicted molar refractivity (Wildman–Crippen MR) is 192 cm³/mol. The Morgan fingerprint density at radius 3 is 2.35 bits per heavy atom. The minimum absolute atomic E-state index is 0.0169. The van der Waals surface area contributed by atoms with Crippen LogP contribution < -0.4 is 24.2 Å². The number of hydrogen-bond acceptors (Lipinski definition) is 7. The zero-order chi connectivity index (χ0) is 32.2. The Labute approximate surface area is 285 Å². The number of aromatic nitrogens is 2. The SMILES string of the molecule is CCn1c(=Cc2sc(-c3ccccc3)c(-c3ccccc3)[n+]2CC)sc(=CC=C2Sc3ccc(Cl)cc3N2CCOC(C)=O)c1=O. The van der Waals surface area contributed by atoms with E-state index in [2.05, 4.69) is 71.0 Å². The van der Waals surface area contributed by atoms with Gasteiger partial charge in [0.05, 0.1) is 27.9 Å². The third kappa shape index (κ3) is 6.64. The smallest absolute Gasteiger partial charge is 0.302 e. The number of nitrogens with zero attached hydrogens (tertiary/aromatic N) is 3. The number of thiazole rings is 2. The summed E-state index contributed by atoms with van der Waals surface area (Å²) in [6, 6.07) is 26.7. The highest BCUT2D eigenvalue weighted by Gasteiger charge is 2.27. The van der Waals surface area contributed by atoms with E-state index in [1.165, 1.54) is 34.4 Å². The lowest BCUT2D eigenvalue weighted by Crippen LogP contribution is -2.36. The first-order valence-corrected chi connectivity index (χ1v) is 17.9. The molecule has 0 spiro atoms. The second-order valence-electron chi connectivity index (χ2n) is 10.5. The molecule has 0 atom stereocenters. The zero-order valence-corrected chi connectivity index (χ0v) is 28.9. The number of rotatable bonds is 9. The van der Waals surface area contributed by atoms with E-state index < -0.39 is 0 Å². The Hall–Kier alpha value is -3.89. The topological polar surface area (TPSA) is 55.4 Å². The first kappa shape index (κ1) is 32.1. The molecule has 0 radical (unpaired) electrons. The maximum atomic E-state index is 13.7. The molecule has 1 aliphatic rings. The molecule has 0 aliphatic carbocycles. The molecule has 3 aromatic carbocycles. The molecule has 46 heavy (non-hydrogen) atoms. The van der Waals surface area contributed by atoms with Gasteiger partial charge >= 0.3 is 5.97 Å². The number of carbonyl (C=O) groups is 1. The second-order valence-corrected chi connectivity index (χ2v) is 14.1. The van der Waals surface area contributed by atoms with Crippen LogP contribution in [0.5, 0.6) is 0 Å². The average molecular weight is 687 g/mol. The fourth-order valence-electron chi connectivity index (χ4n) is 5.45. The fraction of sp³-hybridized carbons (Fsp3) is 0.194. The van der Waals surface area contributed by atoms with Crippen LogP contribution in [0.25, 0.3) is 33.9 Å². The van der Waals surface area contributed by atoms with Gasteiger partial charge in [0.1, 0.15) is 22.7 Å². The number of ether oxygens (including phenoxy) is 1. The molecule has 0 saturated carbocycles. The predicted octanol–water partition coefficient (Wildman–Crippen LogP) is 6.91. The van der Waals surface area contributed by atoms with Crippen molar-refractivity contribution in [2.75, 3.05) is 18.1 Å². The van der Waals surface area contributed by atoms with Gasteiger partial charge in [0.15, 0.2) is 0 Å². The molecule has 1 aliphatic heterocycles. The standard InChI is InChI=1S/C36H33ClN3O3S3/c1-4-38-32(46-35(26-14-10-7-11-15-26)34(38)25-12-8-6-9-13-25)23-33-39(5-2)36(42)30(45-33)18-19-31-40(20-21-43-24(3)41)28-22-27(37)16-17-29(28)44-31/h6-19,22-23H,4-5,20-21H2,1-3H3/q+1. The number of benzene rings is 3. The summed E-state index contributed by atoms with van der Waals surface area (Å²) in [4.78, 5) is 29.4. The highest BCUT2D eigenvalue weighted by Crippen LogP contribution is 2.46. The van der Waals surface area contributed by atoms with Crippen LogP contribution in [0.2, 0.25) is 5.02 Å². The fourth-order valence-corrected chi connectivity index (χ4v) is 9.10. The molecular weight excluding hydrogens is 654 g/mol. The molecular formula is C36H33ClN3O3S3+. The van der Waals surface area contributed by atoms with E-state index >= 15 is 0 Å². The van der Waals surface area contributed by atoms with Crippen molar-refractivity contribution in [1.29, 1.82) is 0 Å². The first-order valence-electron chi connectivity index (χ1n) is 15.1. The Morgan fingerprint density at radius 2 is 1.67 bits per heavy atom. The van der Waals surface area contributed by atoms with Crippen molar-refractivity contribution in [1.82, 2.24) is 4.57 Å². The minimum Gasteiger partial charge on any atom is -0.464 e. The monoisotopic (exact) mass is 686 g/mol. The molecule has 0 saturated heterocycles. The van der Waals surface area contributed by atoms with Crippen molar-refractivity contribution in [3.63, 3.8) is 0 Å². The number of hydrogen-bond donors (Lipinski definition) is 0. The lowest BCUT2D eigenvalue weighted by Gasteiger charge is -2.20. The van der Waals surface area contributed by atoms with Gasteiger partial charge in [-0.2, -0.15) is 4.57 Å². The van der Waals surface area contributed by atoms with Crippen LogP contribution in [0.4, 0.5) is 5.69 Å². The third-order valence-electron chi connectivity index (χ3n) is 7.55. The average Bonchev–Trinajstić information content (AvgIpc) is 3.70. The Morgan fingerprint density at radius 1 is 0.957 bits per heavy atom. The molecule has 0 fully saturated rings. The van der Waals surface area contributed by atoms with Crippen LogP contribution in [0.1, 0.15) is 25.8 Å². The van der Waals surface area contributed by atoms with Gasteiger partial charge in [0, 0.05) is 29.0 Å². The highest BCUT2D eigenvalue weighted by atomic mass is 35.5. The Bertz CT molecular complexity index is 2100. The third-order valence-corrected chi connectivity index (χ3v) is 11.2. The summed E-state index contributed by atoms with van der Waals surface area (Å²) in [5.74, 6) is -0.320. The van der Waals surface area contributed by atoms with Crippen LogP contribution >= 0.6 is 46.0 Å². The summed E-state index contributed by atoms with van der Waals surface area (Å²) in [5.41, 5.74) is 4.45. The first-order chi connectivity index (χ1) is 22.4. The summed E-state index contributed by atoms with van der Waals surface area (Å²) in [6.07, 6.45) is 6.03. The van der Waals surface area contributed by atoms with E-state index in [0.717, 1.165) is 37.4 Å². The van der Waals surface area contributed by atoms with E-state index in [0.29, 0.717) is 22.6 Å². The van der Waals surface area contributed by atoms with E-state index in [9.17, 15) is 9.59 Å².